The van der Waals surface area contributed by atoms with E-state index >= 15 is 0 Å². The number of nitrogens with zero attached hydrogens (tertiary/aromatic N) is 3. The molecule has 32 heavy (non-hydrogen) atoms. The Bertz CT molecular complexity index is 986. The monoisotopic (exact) mass is 563 g/mol. The number of piperidine rings is 1. The molecular weight excluding hydrogens is 529 g/mol. The largest absolute Gasteiger partial charge is 0.357 e. The van der Waals surface area contributed by atoms with Gasteiger partial charge in [0.25, 0.3) is 0 Å². The maximum absolute atomic E-state index is 4.98. The van der Waals surface area contributed by atoms with E-state index in [4.69, 9.17) is 4.99 Å². The van der Waals surface area contributed by atoms with E-state index in [0.29, 0.717) is 12.0 Å². The van der Waals surface area contributed by atoms with Crippen molar-refractivity contribution in [3.05, 3.63) is 64.5 Å². The first-order valence-electron chi connectivity index (χ1n) is 11.3. The normalized spacial score (nSPS) is 19.5. The molecule has 7 heteroatoms. The summed E-state index contributed by atoms with van der Waals surface area (Å²) < 4.78 is 0. The SMILES string of the molecule is CCNC(=NCC1CCCN(C)C1c1cccs1)NCCc1cccc2cccnc12.I. The van der Waals surface area contributed by atoms with Crippen molar-refractivity contribution in [1.82, 2.24) is 20.5 Å². The number of nitrogens with one attached hydrogen (secondary N) is 2. The molecule has 3 aromatic rings. The molecule has 1 aromatic carbocycles. The molecule has 1 fully saturated rings. The van der Waals surface area contributed by atoms with Crippen molar-refractivity contribution < 1.29 is 0 Å². The molecule has 4 rings (SSSR count). The standard InChI is InChI=1S/C25H33N5S.HI/c1-3-26-25(28-15-13-20-9-4-8-19-10-5-14-27-23(19)20)29-18-21-11-6-16-30(2)24(21)22-12-7-17-31-22;/h4-5,7-10,12,14,17,21,24H,3,6,11,13,15-16,18H2,1-2H3,(H2,26,28,29);1H. The van der Waals surface area contributed by atoms with E-state index in [9.17, 15) is 0 Å². The van der Waals surface area contributed by atoms with Crippen LogP contribution in [0.1, 0.15) is 36.2 Å². The van der Waals surface area contributed by atoms with Gasteiger partial charge < -0.3 is 10.6 Å². The molecule has 0 radical (unpaired) electrons. The summed E-state index contributed by atoms with van der Waals surface area (Å²) in [5.41, 5.74) is 2.37. The van der Waals surface area contributed by atoms with Crippen LogP contribution in [0.15, 0.2) is 59.0 Å². The zero-order valence-electron chi connectivity index (χ0n) is 19.0. The Balaban J connectivity index is 0.00000289. The number of likely N-dealkylation sites (tertiary alicyclic amines) is 1. The van der Waals surface area contributed by atoms with E-state index in [2.05, 4.69) is 76.3 Å². The molecule has 0 amide bonds. The number of fused-ring (bicyclic) bond motifs is 1. The lowest BCUT2D eigenvalue weighted by molar-refractivity contribution is 0.128. The lowest BCUT2D eigenvalue weighted by atomic mass is 9.88. The summed E-state index contributed by atoms with van der Waals surface area (Å²) in [5.74, 6) is 1.46. The van der Waals surface area contributed by atoms with E-state index in [1.165, 1.54) is 35.2 Å². The Morgan fingerprint density at radius 3 is 2.88 bits per heavy atom. The molecular formula is C25H34IN5S. The van der Waals surface area contributed by atoms with Gasteiger partial charge in [0, 0.05) is 42.1 Å². The van der Waals surface area contributed by atoms with E-state index in [-0.39, 0.29) is 24.0 Å². The minimum Gasteiger partial charge on any atom is -0.357 e. The fraction of sp³-hybridized carbons (Fsp3) is 0.440. The van der Waals surface area contributed by atoms with Gasteiger partial charge in [0.05, 0.1) is 5.52 Å². The van der Waals surface area contributed by atoms with Crippen LogP contribution < -0.4 is 10.6 Å². The van der Waals surface area contributed by atoms with Crippen LogP contribution in [-0.2, 0) is 6.42 Å². The number of rotatable bonds is 7. The predicted molar refractivity (Wildman–Crippen MR) is 147 cm³/mol. The minimum absolute atomic E-state index is 0. The third-order valence-corrected chi connectivity index (χ3v) is 7.02. The fourth-order valence-corrected chi connectivity index (χ4v) is 5.58. The lowest BCUT2D eigenvalue weighted by Gasteiger charge is -2.38. The number of hydrogen-bond donors (Lipinski definition) is 2. The Hall–Kier alpha value is -1.71. The van der Waals surface area contributed by atoms with Gasteiger partial charge in [0.1, 0.15) is 0 Å². The van der Waals surface area contributed by atoms with Crippen LogP contribution in [0.3, 0.4) is 0 Å². The van der Waals surface area contributed by atoms with Gasteiger partial charge in [-0.05, 0) is 68.8 Å². The van der Waals surface area contributed by atoms with Crippen LogP contribution in [0.4, 0.5) is 0 Å². The van der Waals surface area contributed by atoms with E-state index in [0.717, 1.165) is 37.5 Å². The molecule has 1 saturated heterocycles. The Morgan fingerprint density at radius 1 is 1.19 bits per heavy atom. The quantitative estimate of drug-likeness (QED) is 0.239. The molecule has 2 aromatic heterocycles. The Morgan fingerprint density at radius 2 is 2.06 bits per heavy atom. The smallest absolute Gasteiger partial charge is 0.191 e. The van der Waals surface area contributed by atoms with Crippen molar-refractivity contribution in [3.8, 4) is 0 Å². The van der Waals surface area contributed by atoms with Crippen LogP contribution >= 0.6 is 35.3 Å². The predicted octanol–water partition coefficient (Wildman–Crippen LogP) is 5.10. The van der Waals surface area contributed by atoms with Gasteiger partial charge >= 0.3 is 0 Å². The lowest BCUT2D eigenvalue weighted by Crippen LogP contribution is -2.40. The summed E-state index contributed by atoms with van der Waals surface area (Å²) in [7, 11) is 2.25. The highest BCUT2D eigenvalue weighted by molar-refractivity contribution is 14.0. The molecule has 172 valence electrons. The van der Waals surface area contributed by atoms with Crippen molar-refractivity contribution in [2.24, 2.45) is 10.9 Å². The summed E-state index contributed by atoms with van der Waals surface area (Å²) in [6.07, 6.45) is 5.27. The molecule has 0 spiro atoms. The zero-order chi connectivity index (χ0) is 21.5. The van der Waals surface area contributed by atoms with Gasteiger partial charge in [-0.3, -0.25) is 14.9 Å². The topological polar surface area (TPSA) is 52.6 Å². The second-order valence-corrected chi connectivity index (χ2v) is 9.21. The van der Waals surface area contributed by atoms with Gasteiger partial charge in [-0.15, -0.1) is 35.3 Å². The first-order valence-corrected chi connectivity index (χ1v) is 12.2. The second kappa shape index (κ2) is 12.5. The third-order valence-electron chi connectivity index (χ3n) is 6.07. The molecule has 2 unspecified atom stereocenters. The van der Waals surface area contributed by atoms with Crippen molar-refractivity contribution in [2.45, 2.75) is 32.2 Å². The molecule has 0 aliphatic carbocycles. The molecule has 3 heterocycles. The Kier molecular flexibility index (Phi) is 9.74. The average molecular weight is 564 g/mol. The average Bonchev–Trinajstić information content (AvgIpc) is 3.32. The summed E-state index contributed by atoms with van der Waals surface area (Å²) in [4.78, 5) is 13.5. The summed E-state index contributed by atoms with van der Waals surface area (Å²) >= 11 is 1.87. The number of pyridine rings is 1. The van der Waals surface area contributed by atoms with Crippen LogP contribution in [0.25, 0.3) is 10.9 Å². The molecule has 0 saturated carbocycles. The van der Waals surface area contributed by atoms with Crippen molar-refractivity contribution in [2.75, 3.05) is 33.2 Å². The number of para-hydroxylation sites is 1. The molecule has 5 nitrogen and oxygen atoms in total. The fourth-order valence-electron chi connectivity index (χ4n) is 4.59. The first-order chi connectivity index (χ1) is 15.3. The number of thiophene rings is 1. The number of aromatic nitrogens is 1. The molecule has 0 bridgehead atoms. The van der Waals surface area contributed by atoms with E-state index in [1.807, 2.05) is 23.6 Å². The van der Waals surface area contributed by atoms with E-state index in [1.54, 1.807) is 0 Å². The van der Waals surface area contributed by atoms with Crippen LogP contribution in [0.5, 0.6) is 0 Å². The first kappa shape index (κ1) is 24.9. The van der Waals surface area contributed by atoms with Gasteiger partial charge in [-0.1, -0.05) is 30.3 Å². The maximum atomic E-state index is 4.98. The molecule has 1 aliphatic rings. The second-order valence-electron chi connectivity index (χ2n) is 8.23. The summed E-state index contributed by atoms with van der Waals surface area (Å²) in [5, 5.41) is 10.3. The highest BCUT2D eigenvalue weighted by Crippen LogP contribution is 2.37. The third kappa shape index (κ3) is 6.20. The number of halogens is 1. The number of benzene rings is 1. The minimum atomic E-state index is 0. The Labute approximate surface area is 212 Å². The van der Waals surface area contributed by atoms with Crippen LogP contribution in [0.2, 0.25) is 0 Å². The van der Waals surface area contributed by atoms with Crippen LogP contribution in [-0.4, -0.2) is 49.1 Å². The zero-order valence-corrected chi connectivity index (χ0v) is 22.1. The van der Waals surface area contributed by atoms with Crippen molar-refractivity contribution in [1.29, 1.82) is 0 Å². The van der Waals surface area contributed by atoms with Gasteiger partial charge in [0.15, 0.2) is 5.96 Å². The number of guanidine groups is 1. The number of aliphatic imine (C=N–C) groups is 1. The number of hydrogen-bond acceptors (Lipinski definition) is 4. The van der Waals surface area contributed by atoms with Crippen molar-refractivity contribution in [3.63, 3.8) is 0 Å². The van der Waals surface area contributed by atoms with Gasteiger partial charge in [0.2, 0.25) is 0 Å². The maximum Gasteiger partial charge on any atom is 0.191 e. The molecule has 1 aliphatic heterocycles. The van der Waals surface area contributed by atoms with Gasteiger partial charge in [-0.2, -0.15) is 0 Å². The molecule has 2 atom stereocenters. The van der Waals surface area contributed by atoms with E-state index < -0.39 is 0 Å². The van der Waals surface area contributed by atoms with Crippen molar-refractivity contribution >= 4 is 52.2 Å². The summed E-state index contributed by atoms with van der Waals surface area (Å²) in [6, 6.07) is 15.4. The van der Waals surface area contributed by atoms with Gasteiger partial charge in [-0.25, -0.2) is 0 Å². The summed E-state index contributed by atoms with van der Waals surface area (Å²) in [6.45, 7) is 5.83. The highest BCUT2D eigenvalue weighted by atomic mass is 127. The van der Waals surface area contributed by atoms with Crippen LogP contribution in [0, 0.1) is 5.92 Å². The highest BCUT2D eigenvalue weighted by Gasteiger charge is 2.31. The molecule has 2 N–H and O–H groups in total.